The van der Waals surface area contributed by atoms with Crippen molar-refractivity contribution in [3.63, 3.8) is 0 Å². The van der Waals surface area contributed by atoms with Gasteiger partial charge in [-0.05, 0) is 39.3 Å². The minimum absolute atomic E-state index is 0.121. The number of amides is 1. The number of carbonyl (C=O) groups excluding carboxylic acids is 1. The van der Waals surface area contributed by atoms with Gasteiger partial charge in [-0.2, -0.15) is 0 Å². The lowest BCUT2D eigenvalue weighted by Crippen LogP contribution is -2.49. The van der Waals surface area contributed by atoms with Crippen molar-refractivity contribution < 1.29 is 4.79 Å². The Morgan fingerprint density at radius 1 is 1.44 bits per heavy atom. The van der Waals surface area contributed by atoms with Gasteiger partial charge >= 0.3 is 0 Å². The Labute approximate surface area is 98.9 Å². The summed E-state index contributed by atoms with van der Waals surface area (Å²) < 4.78 is 0. The smallest absolute Gasteiger partial charge is 0.229 e. The topological polar surface area (TPSA) is 32.3 Å². The Hall–Kier alpha value is -0.830. The first-order chi connectivity index (χ1) is 7.70. The van der Waals surface area contributed by atoms with Crippen LogP contribution in [0.3, 0.4) is 0 Å². The summed E-state index contributed by atoms with van der Waals surface area (Å²) in [5.41, 5.74) is -0.121. The van der Waals surface area contributed by atoms with E-state index in [-0.39, 0.29) is 5.41 Å². The summed E-state index contributed by atoms with van der Waals surface area (Å²) in [6.07, 6.45) is 4.69. The summed E-state index contributed by atoms with van der Waals surface area (Å²) in [6.45, 7) is 11.3. The minimum atomic E-state index is -0.121. The number of piperidine rings is 1. The number of hydrogen-bond acceptors (Lipinski definition) is 2. The van der Waals surface area contributed by atoms with Gasteiger partial charge in [0.25, 0.3) is 0 Å². The van der Waals surface area contributed by atoms with Crippen LogP contribution in [0.1, 0.15) is 33.1 Å². The van der Waals surface area contributed by atoms with Gasteiger partial charge in [0.2, 0.25) is 5.91 Å². The van der Waals surface area contributed by atoms with Gasteiger partial charge in [-0.15, -0.1) is 6.58 Å². The zero-order valence-corrected chi connectivity index (χ0v) is 10.6. The van der Waals surface area contributed by atoms with Crippen molar-refractivity contribution in [1.29, 1.82) is 0 Å². The van der Waals surface area contributed by atoms with Gasteiger partial charge in [-0.25, -0.2) is 0 Å². The molecule has 0 bridgehead atoms. The molecule has 1 saturated heterocycles. The molecule has 1 N–H and O–H groups in total. The van der Waals surface area contributed by atoms with Crippen LogP contribution in [0.4, 0.5) is 0 Å². The van der Waals surface area contributed by atoms with Gasteiger partial charge in [0.1, 0.15) is 0 Å². The van der Waals surface area contributed by atoms with Crippen LogP contribution in [-0.4, -0.2) is 37.0 Å². The minimum Gasteiger partial charge on any atom is -0.339 e. The van der Waals surface area contributed by atoms with Crippen LogP contribution in [0.15, 0.2) is 12.7 Å². The maximum atomic E-state index is 12.5. The Morgan fingerprint density at radius 2 is 2.06 bits per heavy atom. The van der Waals surface area contributed by atoms with Gasteiger partial charge in [0.15, 0.2) is 0 Å². The Morgan fingerprint density at radius 3 is 2.50 bits per heavy atom. The molecule has 1 amide bonds. The first-order valence-corrected chi connectivity index (χ1v) is 6.31. The molecule has 1 aliphatic heterocycles. The average Bonchev–Trinajstić information content (AvgIpc) is 2.36. The fraction of sp³-hybridized carbons (Fsp3) is 0.769. The molecule has 3 heteroatoms. The van der Waals surface area contributed by atoms with E-state index in [1.807, 2.05) is 17.9 Å². The monoisotopic (exact) mass is 224 g/mol. The lowest BCUT2D eigenvalue weighted by molar-refractivity contribution is -0.143. The fourth-order valence-corrected chi connectivity index (χ4v) is 2.47. The predicted molar refractivity (Wildman–Crippen MR) is 67.3 cm³/mol. The van der Waals surface area contributed by atoms with Crippen LogP contribution < -0.4 is 5.32 Å². The number of rotatable bonds is 5. The summed E-state index contributed by atoms with van der Waals surface area (Å²) in [6, 6.07) is 0. The standard InChI is InChI=1S/C13H24N2O/c1-4-11-15(6-3)12(16)13(5-2)7-9-14-10-8-13/h4,14H,1,5-11H2,2-3H3. The van der Waals surface area contributed by atoms with Crippen molar-refractivity contribution in [3.05, 3.63) is 12.7 Å². The van der Waals surface area contributed by atoms with Gasteiger partial charge < -0.3 is 10.2 Å². The number of nitrogens with one attached hydrogen (secondary N) is 1. The molecular weight excluding hydrogens is 200 g/mol. The van der Waals surface area contributed by atoms with Crippen LogP contribution in [0, 0.1) is 5.41 Å². The van der Waals surface area contributed by atoms with Crippen LogP contribution in [0.5, 0.6) is 0 Å². The predicted octanol–water partition coefficient (Wildman–Crippen LogP) is 1.80. The number of hydrogen-bond donors (Lipinski definition) is 1. The lowest BCUT2D eigenvalue weighted by atomic mass is 9.75. The second-order valence-corrected chi connectivity index (χ2v) is 4.52. The van der Waals surface area contributed by atoms with Crippen LogP contribution >= 0.6 is 0 Å². The normalized spacial score (nSPS) is 19.1. The van der Waals surface area contributed by atoms with Gasteiger partial charge in [-0.3, -0.25) is 4.79 Å². The van der Waals surface area contributed by atoms with Crippen LogP contribution in [0.2, 0.25) is 0 Å². The van der Waals surface area contributed by atoms with Crippen LogP contribution in [-0.2, 0) is 4.79 Å². The third-order valence-electron chi connectivity index (χ3n) is 3.71. The summed E-state index contributed by atoms with van der Waals surface area (Å²) in [5, 5.41) is 3.33. The summed E-state index contributed by atoms with van der Waals surface area (Å²) in [7, 11) is 0. The third kappa shape index (κ3) is 2.64. The molecule has 92 valence electrons. The van der Waals surface area contributed by atoms with Crippen LogP contribution in [0.25, 0.3) is 0 Å². The molecule has 1 rings (SSSR count). The summed E-state index contributed by atoms with van der Waals surface area (Å²) in [4.78, 5) is 14.4. The third-order valence-corrected chi connectivity index (χ3v) is 3.71. The second kappa shape index (κ2) is 6.04. The highest BCUT2D eigenvalue weighted by Crippen LogP contribution is 2.34. The largest absolute Gasteiger partial charge is 0.339 e. The number of carbonyl (C=O) groups is 1. The Bertz CT molecular complexity index is 244. The van der Waals surface area contributed by atoms with E-state index in [1.165, 1.54) is 0 Å². The second-order valence-electron chi connectivity index (χ2n) is 4.52. The first kappa shape index (κ1) is 13.2. The Balaban J connectivity index is 2.76. The van der Waals surface area contributed by atoms with E-state index >= 15 is 0 Å². The van der Waals surface area contributed by atoms with Gasteiger partial charge in [0.05, 0.1) is 5.41 Å². The molecular formula is C13H24N2O. The zero-order chi connectivity index (χ0) is 12.0. The highest BCUT2D eigenvalue weighted by Gasteiger charge is 2.39. The summed E-state index contributed by atoms with van der Waals surface area (Å²) >= 11 is 0. The van der Waals surface area contributed by atoms with Gasteiger partial charge in [-0.1, -0.05) is 13.0 Å². The highest BCUT2D eigenvalue weighted by molar-refractivity contribution is 5.83. The quantitative estimate of drug-likeness (QED) is 0.722. The molecule has 1 fully saturated rings. The molecule has 0 aromatic heterocycles. The highest BCUT2D eigenvalue weighted by atomic mass is 16.2. The molecule has 0 saturated carbocycles. The first-order valence-electron chi connectivity index (χ1n) is 6.31. The number of nitrogens with zero attached hydrogens (tertiary/aromatic N) is 1. The van der Waals surface area contributed by atoms with E-state index in [0.29, 0.717) is 12.5 Å². The van der Waals surface area contributed by atoms with E-state index in [1.54, 1.807) is 0 Å². The Kier molecular flexibility index (Phi) is 5.00. The van der Waals surface area contributed by atoms with E-state index in [9.17, 15) is 4.79 Å². The van der Waals surface area contributed by atoms with Crippen molar-refractivity contribution in [2.24, 2.45) is 5.41 Å². The van der Waals surface area contributed by atoms with E-state index < -0.39 is 0 Å². The molecule has 0 aliphatic carbocycles. The lowest BCUT2D eigenvalue weighted by Gasteiger charge is -2.39. The van der Waals surface area contributed by atoms with Crippen molar-refractivity contribution in [2.45, 2.75) is 33.1 Å². The maximum Gasteiger partial charge on any atom is 0.229 e. The van der Waals surface area contributed by atoms with Crippen molar-refractivity contribution >= 4 is 5.91 Å². The van der Waals surface area contributed by atoms with Crippen molar-refractivity contribution in [3.8, 4) is 0 Å². The van der Waals surface area contributed by atoms with E-state index in [2.05, 4.69) is 18.8 Å². The van der Waals surface area contributed by atoms with E-state index in [4.69, 9.17) is 0 Å². The molecule has 0 aromatic carbocycles. The summed E-state index contributed by atoms with van der Waals surface area (Å²) in [5.74, 6) is 0.318. The molecule has 1 aliphatic rings. The number of likely N-dealkylation sites (N-methyl/N-ethyl adjacent to an activating group) is 1. The van der Waals surface area contributed by atoms with E-state index in [0.717, 1.165) is 38.9 Å². The molecule has 0 radical (unpaired) electrons. The maximum absolute atomic E-state index is 12.5. The molecule has 0 aromatic rings. The molecule has 0 atom stereocenters. The SMILES string of the molecule is C=CCN(CC)C(=O)C1(CC)CCNCC1. The molecule has 16 heavy (non-hydrogen) atoms. The molecule has 0 unspecified atom stereocenters. The zero-order valence-electron chi connectivity index (χ0n) is 10.6. The molecule has 1 heterocycles. The fourth-order valence-electron chi connectivity index (χ4n) is 2.47. The average molecular weight is 224 g/mol. The van der Waals surface area contributed by atoms with Gasteiger partial charge in [0, 0.05) is 13.1 Å². The molecule has 3 nitrogen and oxygen atoms in total. The van der Waals surface area contributed by atoms with Crippen molar-refractivity contribution in [1.82, 2.24) is 10.2 Å². The van der Waals surface area contributed by atoms with Crippen molar-refractivity contribution in [2.75, 3.05) is 26.2 Å². The molecule has 0 spiro atoms.